The van der Waals surface area contributed by atoms with Gasteiger partial charge < -0.3 is 0 Å². The van der Waals surface area contributed by atoms with E-state index in [1.165, 1.54) is 30.8 Å². The number of hydrogen-bond donors (Lipinski definition) is 0. The Bertz CT molecular complexity index is 110. The maximum absolute atomic E-state index is 2.45. The fraction of sp³-hybridized carbons (Fsp3) is 1.00. The lowest BCUT2D eigenvalue weighted by atomic mass is 9.77. The molecule has 0 aromatic heterocycles. The van der Waals surface area contributed by atoms with Gasteiger partial charge in [-0.15, -0.1) is 0 Å². The van der Waals surface area contributed by atoms with Gasteiger partial charge in [0, 0.05) is 0 Å². The Morgan fingerprint density at radius 3 is 2.64 bits per heavy atom. The van der Waals surface area contributed by atoms with E-state index in [1.807, 2.05) is 0 Å². The smallest absolute Gasteiger partial charge is 0.00110 e. The van der Waals surface area contributed by atoms with Gasteiger partial charge in [-0.25, -0.2) is 0 Å². The average Bonchev–Trinajstić information content (AvgIpc) is 2.15. The van der Waals surface area contributed by atoms with E-state index in [9.17, 15) is 0 Å². The van der Waals surface area contributed by atoms with Crippen molar-refractivity contribution >= 4 is 11.8 Å². The van der Waals surface area contributed by atoms with Gasteiger partial charge in [0.25, 0.3) is 0 Å². The summed E-state index contributed by atoms with van der Waals surface area (Å²) in [6.07, 6.45) is 4.33. The van der Waals surface area contributed by atoms with Gasteiger partial charge in [-0.1, -0.05) is 27.2 Å². The number of thioether (sulfide) groups is 1. The lowest BCUT2D eigenvalue weighted by molar-refractivity contribution is 0.233. The summed E-state index contributed by atoms with van der Waals surface area (Å²) in [6, 6.07) is 0. The molecule has 0 nitrogen and oxygen atoms in total. The van der Waals surface area contributed by atoms with Crippen LogP contribution in [0.2, 0.25) is 0 Å². The van der Waals surface area contributed by atoms with Gasteiger partial charge in [-0.3, -0.25) is 0 Å². The molecule has 1 atom stereocenters. The van der Waals surface area contributed by atoms with Crippen LogP contribution in [-0.2, 0) is 0 Å². The highest BCUT2D eigenvalue weighted by molar-refractivity contribution is 7.99. The molecule has 0 spiro atoms. The molecule has 0 aromatic rings. The van der Waals surface area contributed by atoms with Gasteiger partial charge in [0.1, 0.15) is 0 Å². The second kappa shape index (κ2) is 3.84. The van der Waals surface area contributed by atoms with Gasteiger partial charge in [0.2, 0.25) is 0 Å². The molecule has 1 saturated heterocycles. The van der Waals surface area contributed by atoms with Gasteiger partial charge in [-0.2, -0.15) is 11.8 Å². The summed E-state index contributed by atoms with van der Waals surface area (Å²) < 4.78 is 0. The van der Waals surface area contributed by atoms with Gasteiger partial charge >= 0.3 is 0 Å². The lowest BCUT2D eigenvalue weighted by Crippen LogP contribution is -2.25. The fourth-order valence-electron chi connectivity index (χ4n) is 1.57. The first-order chi connectivity index (χ1) is 5.15. The maximum atomic E-state index is 2.45. The molecule has 11 heavy (non-hydrogen) atoms. The van der Waals surface area contributed by atoms with E-state index in [4.69, 9.17) is 0 Å². The predicted molar refractivity (Wildman–Crippen MR) is 54.1 cm³/mol. The van der Waals surface area contributed by atoms with Crippen LogP contribution in [0.25, 0.3) is 0 Å². The molecule has 0 saturated carbocycles. The van der Waals surface area contributed by atoms with E-state index in [0.29, 0.717) is 5.41 Å². The minimum absolute atomic E-state index is 0.626. The molecular weight excluding hydrogens is 152 g/mol. The zero-order valence-electron chi connectivity index (χ0n) is 8.02. The van der Waals surface area contributed by atoms with Crippen LogP contribution in [0.15, 0.2) is 0 Å². The quantitative estimate of drug-likeness (QED) is 0.583. The Morgan fingerprint density at radius 1 is 1.27 bits per heavy atom. The molecular formula is C10H20S. The van der Waals surface area contributed by atoms with Crippen LogP contribution in [0.4, 0.5) is 0 Å². The highest BCUT2D eigenvalue weighted by Gasteiger charge is 2.28. The van der Waals surface area contributed by atoms with E-state index in [-0.39, 0.29) is 0 Å². The van der Waals surface area contributed by atoms with Gasteiger partial charge in [0.15, 0.2) is 0 Å². The molecule has 1 fully saturated rings. The summed E-state index contributed by atoms with van der Waals surface area (Å²) in [5, 5.41) is 0. The van der Waals surface area contributed by atoms with Crippen molar-refractivity contribution in [3.8, 4) is 0 Å². The van der Waals surface area contributed by atoms with Crippen molar-refractivity contribution in [2.45, 2.75) is 40.0 Å². The first kappa shape index (κ1) is 9.44. The van der Waals surface area contributed by atoms with Crippen LogP contribution in [0.1, 0.15) is 40.0 Å². The summed E-state index contributed by atoms with van der Waals surface area (Å²) in [5.41, 5.74) is 0.626. The highest BCUT2D eigenvalue weighted by atomic mass is 32.2. The van der Waals surface area contributed by atoms with E-state index in [2.05, 4.69) is 32.5 Å². The van der Waals surface area contributed by atoms with Crippen molar-refractivity contribution in [3.05, 3.63) is 0 Å². The van der Waals surface area contributed by atoms with Crippen LogP contribution in [0.3, 0.4) is 0 Å². The lowest BCUT2D eigenvalue weighted by Gasteiger charge is -2.32. The molecule has 0 aromatic carbocycles. The average molecular weight is 172 g/mol. The normalized spacial score (nSPS) is 33.8. The number of hydrogen-bond acceptors (Lipinski definition) is 1. The molecule has 0 aliphatic carbocycles. The molecule has 1 heteroatoms. The highest BCUT2D eigenvalue weighted by Crippen LogP contribution is 2.38. The van der Waals surface area contributed by atoms with Crippen LogP contribution in [0.5, 0.6) is 0 Å². The van der Waals surface area contributed by atoms with Crippen molar-refractivity contribution in [1.82, 2.24) is 0 Å². The summed E-state index contributed by atoms with van der Waals surface area (Å²) >= 11 is 2.15. The van der Waals surface area contributed by atoms with Crippen molar-refractivity contribution in [2.75, 3.05) is 11.5 Å². The van der Waals surface area contributed by atoms with Crippen LogP contribution < -0.4 is 0 Å². The molecule has 1 heterocycles. The van der Waals surface area contributed by atoms with Crippen molar-refractivity contribution in [1.29, 1.82) is 0 Å². The molecule has 0 N–H and O–H groups in total. The largest absolute Gasteiger partial charge is 0.161 e. The molecule has 0 radical (unpaired) electrons. The second-order valence-electron chi connectivity index (χ2n) is 4.32. The Kier molecular flexibility index (Phi) is 3.29. The van der Waals surface area contributed by atoms with E-state index in [0.717, 1.165) is 5.92 Å². The molecule has 1 unspecified atom stereocenters. The summed E-state index contributed by atoms with van der Waals surface area (Å²) in [6.45, 7) is 7.19. The topological polar surface area (TPSA) is 0 Å². The van der Waals surface area contributed by atoms with Crippen LogP contribution in [-0.4, -0.2) is 11.5 Å². The first-order valence-corrected chi connectivity index (χ1v) is 5.88. The zero-order valence-corrected chi connectivity index (χ0v) is 8.84. The van der Waals surface area contributed by atoms with E-state index in [1.54, 1.807) is 0 Å². The number of rotatable bonds is 1. The summed E-state index contributed by atoms with van der Waals surface area (Å²) in [7, 11) is 0. The fourth-order valence-corrected chi connectivity index (χ4v) is 3.06. The molecule has 0 bridgehead atoms. The van der Waals surface area contributed by atoms with Crippen molar-refractivity contribution < 1.29 is 0 Å². The van der Waals surface area contributed by atoms with Crippen molar-refractivity contribution in [2.24, 2.45) is 11.3 Å². The molecule has 1 aliphatic heterocycles. The first-order valence-electron chi connectivity index (χ1n) is 4.73. The maximum Gasteiger partial charge on any atom is -0.00110 e. The molecule has 66 valence electrons. The Balaban J connectivity index is 2.52. The zero-order chi connectivity index (χ0) is 8.32. The third-order valence-corrected chi connectivity index (χ3v) is 4.55. The Hall–Kier alpha value is 0.350. The van der Waals surface area contributed by atoms with E-state index < -0.39 is 0 Å². The predicted octanol–water partition coefficient (Wildman–Crippen LogP) is 3.57. The van der Waals surface area contributed by atoms with Gasteiger partial charge in [-0.05, 0) is 35.7 Å². The SMILES string of the molecule is CC(C)C1(C)CCCCSC1. The van der Waals surface area contributed by atoms with Crippen molar-refractivity contribution in [3.63, 3.8) is 0 Å². The summed E-state index contributed by atoms with van der Waals surface area (Å²) in [4.78, 5) is 0. The Labute approximate surface area is 75.1 Å². The molecule has 1 rings (SSSR count). The molecule has 1 aliphatic rings. The minimum Gasteiger partial charge on any atom is -0.161 e. The van der Waals surface area contributed by atoms with Crippen LogP contribution >= 0.6 is 11.8 Å². The van der Waals surface area contributed by atoms with Gasteiger partial charge in [0.05, 0.1) is 0 Å². The monoisotopic (exact) mass is 172 g/mol. The van der Waals surface area contributed by atoms with E-state index >= 15 is 0 Å². The molecule has 0 amide bonds. The Morgan fingerprint density at radius 2 is 2.00 bits per heavy atom. The van der Waals surface area contributed by atoms with Crippen LogP contribution in [0, 0.1) is 11.3 Å². The summed E-state index contributed by atoms with van der Waals surface area (Å²) in [5.74, 6) is 3.63. The third kappa shape index (κ3) is 2.40. The third-order valence-electron chi connectivity index (χ3n) is 3.11. The minimum atomic E-state index is 0.626. The standard InChI is InChI=1S/C10H20S/c1-9(2)10(3)6-4-5-7-11-8-10/h9H,4-8H2,1-3H3. The second-order valence-corrected chi connectivity index (χ2v) is 5.42.